The van der Waals surface area contributed by atoms with E-state index in [4.69, 9.17) is 0 Å². The fraction of sp³-hybridized carbons (Fsp3) is 0.516. The number of hydrogen-bond donors (Lipinski definition) is 2. The van der Waals surface area contributed by atoms with Gasteiger partial charge in [0, 0.05) is 74.5 Å². The number of alkyl halides is 3. The molecule has 0 unspecified atom stereocenters. The Hall–Kier alpha value is -3.64. The van der Waals surface area contributed by atoms with Crippen LogP contribution >= 0.6 is 0 Å². The van der Waals surface area contributed by atoms with Gasteiger partial charge in [-0.25, -0.2) is 15.0 Å². The molecular weight excluding hydrogens is 559 g/mol. The molecule has 1 saturated carbocycles. The van der Waals surface area contributed by atoms with E-state index in [0.717, 1.165) is 37.0 Å². The van der Waals surface area contributed by atoms with Crippen LogP contribution in [0.1, 0.15) is 56.2 Å². The molecule has 1 amide bonds. The molecule has 12 heteroatoms. The minimum atomic E-state index is -4.41. The summed E-state index contributed by atoms with van der Waals surface area (Å²) in [5.74, 6) is 0.913. The van der Waals surface area contributed by atoms with E-state index in [1.165, 1.54) is 6.20 Å². The Morgan fingerprint density at radius 3 is 2.33 bits per heavy atom. The third-order valence-corrected chi connectivity index (χ3v) is 9.09. The van der Waals surface area contributed by atoms with Gasteiger partial charge < -0.3 is 20.2 Å². The lowest BCUT2D eigenvalue weighted by atomic mass is 9.79. The highest BCUT2D eigenvalue weighted by atomic mass is 19.4. The second kappa shape index (κ2) is 12.2. The van der Waals surface area contributed by atoms with Gasteiger partial charge in [0.15, 0.2) is 5.82 Å². The molecule has 2 aliphatic heterocycles. The molecule has 5 heterocycles. The second-order valence-electron chi connectivity index (χ2n) is 11.9. The van der Waals surface area contributed by atoms with Crippen LogP contribution < -0.4 is 10.2 Å². The molecule has 3 fully saturated rings. The van der Waals surface area contributed by atoms with E-state index in [1.54, 1.807) is 24.7 Å². The maximum Gasteiger partial charge on any atom is 0.416 e. The monoisotopic (exact) mass is 595 g/mol. The summed E-state index contributed by atoms with van der Waals surface area (Å²) in [6.07, 6.45) is 6.78. The number of rotatable bonds is 6. The third-order valence-electron chi connectivity index (χ3n) is 9.09. The maximum atomic E-state index is 13.3. The number of amides is 1. The van der Waals surface area contributed by atoms with Crippen molar-refractivity contribution in [1.29, 1.82) is 0 Å². The first-order chi connectivity index (χ1) is 20.7. The number of anilines is 1. The summed E-state index contributed by atoms with van der Waals surface area (Å²) in [5.41, 5.74) is -0.205. The maximum absolute atomic E-state index is 13.3. The van der Waals surface area contributed by atoms with E-state index in [1.807, 2.05) is 21.9 Å². The van der Waals surface area contributed by atoms with Crippen LogP contribution in [0.25, 0.3) is 11.4 Å². The fourth-order valence-electron chi connectivity index (χ4n) is 6.58. The second-order valence-corrected chi connectivity index (χ2v) is 11.9. The molecule has 2 saturated heterocycles. The highest BCUT2D eigenvalue weighted by Crippen LogP contribution is 2.37. The van der Waals surface area contributed by atoms with Crippen LogP contribution in [0.3, 0.4) is 0 Å². The number of hydrogen-bond acceptors (Lipinski definition) is 8. The molecule has 0 spiro atoms. The lowest BCUT2D eigenvalue weighted by Crippen LogP contribution is -2.46. The van der Waals surface area contributed by atoms with Crippen LogP contribution in [0, 0.1) is 5.92 Å². The Morgan fingerprint density at radius 2 is 1.65 bits per heavy atom. The molecule has 228 valence electrons. The van der Waals surface area contributed by atoms with Gasteiger partial charge in [-0.2, -0.15) is 13.2 Å². The van der Waals surface area contributed by atoms with Crippen molar-refractivity contribution >= 4 is 11.7 Å². The van der Waals surface area contributed by atoms with Crippen LogP contribution in [0.15, 0.2) is 55.1 Å². The smallest absolute Gasteiger partial charge is 0.384 e. The quantitative estimate of drug-likeness (QED) is 0.437. The van der Waals surface area contributed by atoms with E-state index in [2.05, 4.69) is 25.3 Å². The van der Waals surface area contributed by atoms with Crippen LogP contribution in [0.5, 0.6) is 0 Å². The predicted octanol–water partition coefficient (Wildman–Crippen LogP) is 4.19. The van der Waals surface area contributed by atoms with Gasteiger partial charge in [0.25, 0.3) is 0 Å². The normalized spacial score (nSPS) is 25.2. The Balaban J connectivity index is 0.955. The van der Waals surface area contributed by atoms with Crippen molar-refractivity contribution < 1.29 is 23.1 Å². The molecule has 3 aliphatic rings. The molecule has 1 aliphatic carbocycles. The number of aliphatic hydroxyl groups is 1. The number of aromatic nitrogens is 4. The van der Waals surface area contributed by atoms with E-state index >= 15 is 0 Å². The zero-order valence-electron chi connectivity index (χ0n) is 23.9. The molecule has 9 nitrogen and oxygen atoms in total. The molecule has 3 aromatic heterocycles. The van der Waals surface area contributed by atoms with Crippen molar-refractivity contribution in [2.45, 2.75) is 68.8 Å². The fourth-order valence-corrected chi connectivity index (χ4v) is 6.58. The first-order valence-electron chi connectivity index (χ1n) is 15.0. The Bertz CT molecular complexity index is 1390. The number of pyridine rings is 2. The van der Waals surface area contributed by atoms with Crippen molar-refractivity contribution in [2.24, 2.45) is 5.92 Å². The Morgan fingerprint density at radius 1 is 0.907 bits per heavy atom. The van der Waals surface area contributed by atoms with Crippen molar-refractivity contribution in [3.63, 3.8) is 0 Å². The van der Waals surface area contributed by atoms with Crippen molar-refractivity contribution in [3.05, 3.63) is 66.4 Å². The predicted molar refractivity (Wildman–Crippen MR) is 154 cm³/mol. The Kier molecular flexibility index (Phi) is 8.32. The van der Waals surface area contributed by atoms with Crippen molar-refractivity contribution in [2.75, 3.05) is 31.1 Å². The number of carbonyl (C=O) groups excluding carboxylic acids is 1. The average Bonchev–Trinajstić information content (AvgIpc) is 3.51. The summed E-state index contributed by atoms with van der Waals surface area (Å²) in [4.78, 5) is 34.2. The van der Waals surface area contributed by atoms with Crippen LogP contribution in [0.2, 0.25) is 0 Å². The number of carbonyl (C=O) groups is 1. The molecule has 0 radical (unpaired) electrons. The van der Waals surface area contributed by atoms with Gasteiger partial charge in [0.05, 0.1) is 11.3 Å². The summed E-state index contributed by atoms with van der Waals surface area (Å²) < 4.78 is 39.3. The zero-order valence-corrected chi connectivity index (χ0v) is 23.9. The lowest BCUT2D eigenvalue weighted by molar-refractivity contribution is -0.137. The summed E-state index contributed by atoms with van der Waals surface area (Å²) in [6.45, 7) is 2.36. The molecule has 43 heavy (non-hydrogen) atoms. The highest BCUT2D eigenvalue weighted by Gasteiger charge is 2.39. The molecule has 6 rings (SSSR count). The molecule has 3 aromatic rings. The summed E-state index contributed by atoms with van der Waals surface area (Å²) in [7, 11) is 0. The zero-order chi connectivity index (χ0) is 30.0. The Labute approximate surface area is 248 Å². The number of nitrogens with zero attached hydrogens (tertiary/aromatic N) is 6. The van der Waals surface area contributed by atoms with Gasteiger partial charge in [0.1, 0.15) is 11.4 Å². The van der Waals surface area contributed by atoms with Crippen molar-refractivity contribution in [3.8, 4) is 11.4 Å². The summed E-state index contributed by atoms with van der Waals surface area (Å²) >= 11 is 0. The average molecular weight is 596 g/mol. The van der Waals surface area contributed by atoms with Gasteiger partial charge in [-0.1, -0.05) is 0 Å². The standard InChI is InChI=1S/C31H36F3N7O2/c32-31(33,34)23-6-14-35-27(18-23)40-15-7-21(8-16-40)29(42)41-17-9-25(20-41)39-24-4-10-30(43,11-5-24)26-3-2-22(19-38-26)28-36-12-1-13-37-28/h1-3,6,12-14,18-19,21,24-25,39,43H,4-5,7-11,15-17,20H2/t24?,25-,30?/m0/s1. The summed E-state index contributed by atoms with van der Waals surface area (Å²) in [6, 6.07) is 8.05. The third kappa shape index (κ3) is 6.65. The largest absolute Gasteiger partial charge is 0.416 e. The van der Waals surface area contributed by atoms with Gasteiger partial charge >= 0.3 is 6.18 Å². The van der Waals surface area contributed by atoms with Gasteiger partial charge in [0.2, 0.25) is 5.91 Å². The highest BCUT2D eigenvalue weighted by molar-refractivity contribution is 5.79. The van der Waals surface area contributed by atoms with E-state index < -0.39 is 17.3 Å². The topological polar surface area (TPSA) is 107 Å². The van der Waals surface area contributed by atoms with Crippen LogP contribution in [-0.4, -0.2) is 74.1 Å². The molecular formula is C31H36F3N7O2. The van der Waals surface area contributed by atoms with E-state index in [-0.39, 0.29) is 23.9 Å². The number of likely N-dealkylation sites (tertiary alicyclic amines) is 1. The SMILES string of the molecule is O=C(C1CCN(c2cc(C(F)(F)F)ccn2)CC1)N1CC[C@H](NC2CCC(O)(c3ccc(-c4ncccn4)cn3)CC2)C1. The van der Waals surface area contributed by atoms with E-state index in [0.29, 0.717) is 69.2 Å². The molecule has 0 bridgehead atoms. The number of nitrogens with one attached hydrogen (secondary N) is 1. The van der Waals surface area contributed by atoms with Crippen LogP contribution in [0.4, 0.5) is 19.0 Å². The van der Waals surface area contributed by atoms with E-state index in [9.17, 15) is 23.1 Å². The first-order valence-corrected chi connectivity index (χ1v) is 15.0. The van der Waals surface area contributed by atoms with Gasteiger partial charge in [-0.3, -0.25) is 9.78 Å². The van der Waals surface area contributed by atoms with Gasteiger partial charge in [-0.15, -0.1) is 0 Å². The lowest BCUT2D eigenvalue weighted by Gasteiger charge is -2.37. The number of piperidine rings is 1. The molecule has 1 atom stereocenters. The molecule has 2 N–H and O–H groups in total. The number of halogens is 3. The first kappa shape index (κ1) is 29.4. The molecule has 0 aromatic carbocycles. The van der Waals surface area contributed by atoms with Crippen LogP contribution in [-0.2, 0) is 16.6 Å². The minimum Gasteiger partial charge on any atom is -0.384 e. The minimum absolute atomic E-state index is 0.127. The van der Waals surface area contributed by atoms with Gasteiger partial charge in [-0.05, 0) is 75.3 Å². The van der Waals surface area contributed by atoms with Crippen molar-refractivity contribution in [1.82, 2.24) is 30.2 Å². The summed E-state index contributed by atoms with van der Waals surface area (Å²) in [5, 5.41) is 15.1.